The summed E-state index contributed by atoms with van der Waals surface area (Å²) < 4.78 is 9.58. The molecule has 1 fully saturated rings. The molecule has 1 aliphatic heterocycles. The van der Waals surface area contributed by atoms with E-state index in [9.17, 15) is 9.59 Å². The average Bonchev–Trinajstić information content (AvgIpc) is 2.72. The molecule has 1 aromatic heterocycles. The highest BCUT2D eigenvalue weighted by Gasteiger charge is 2.31. The lowest BCUT2D eigenvalue weighted by atomic mass is 10.3. The number of halogens is 3. The molecule has 0 radical (unpaired) electrons. The van der Waals surface area contributed by atoms with E-state index in [2.05, 4.69) is 9.72 Å². The first-order valence-corrected chi connectivity index (χ1v) is 6.01. The second-order valence-corrected chi connectivity index (χ2v) is 4.60. The number of carbonyl (C=O) groups is 2. The lowest BCUT2D eigenvalue weighted by molar-refractivity contribution is -0.145. The number of aromatic nitrogens is 1. The zero-order valence-corrected chi connectivity index (χ0v) is 11.1. The Bertz CT molecular complexity index is 520. The third-order valence-corrected chi connectivity index (χ3v) is 3.49. The van der Waals surface area contributed by atoms with E-state index in [0.717, 1.165) is 0 Å². The molecule has 0 saturated carbocycles. The molecule has 0 unspecified atom stereocenters. The van der Waals surface area contributed by atoms with Gasteiger partial charge in [0.2, 0.25) is 6.10 Å². The van der Waals surface area contributed by atoms with Crippen molar-refractivity contribution in [1.82, 2.24) is 4.98 Å². The monoisotopic (exact) mass is 309 g/mol. The molecule has 5 nitrogen and oxygen atoms in total. The number of carbonyl (C=O) groups excluding carboxylic acids is 2. The number of pyridine rings is 1. The fourth-order valence-electron chi connectivity index (χ4n) is 1.36. The lowest BCUT2D eigenvalue weighted by Gasteiger charge is -2.09. The Kier molecular flexibility index (Phi) is 3.94. The molecule has 18 heavy (non-hydrogen) atoms. The third kappa shape index (κ3) is 2.53. The van der Waals surface area contributed by atoms with Crippen molar-refractivity contribution < 1.29 is 19.1 Å². The second kappa shape index (κ2) is 5.30. The zero-order valence-electron chi connectivity index (χ0n) is 8.78. The summed E-state index contributed by atoms with van der Waals surface area (Å²) in [7, 11) is 0. The summed E-state index contributed by atoms with van der Waals surface area (Å²) in [6, 6.07) is 0. The van der Waals surface area contributed by atoms with Crippen LogP contribution in [0.15, 0.2) is 6.20 Å². The number of hydrogen-bond donors (Lipinski definition) is 0. The van der Waals surface area contributed by atoms with Crippen molar-refractivity contribution in [2.75, 3.05) is 6.61 Å². The summed E-state index contributed by atoms with van der Waals surface area (Å²) in [4.78, 5) is 26.6. The SMILES string of the molecule is O=C(O[C@@H]1CCOC1=O)c1ncc(Cl)c(Cl)c1Cl. The highest BCUT2D eigenvalue weighted by molar-refractivity contribution is 6.48. The van der Waals surface area contributed by atoms with Crippen LogP contribution in [0.2, 0.25) is 15.1 Å². The van der Waals surface area contributed by atoms with Gasteiger partial charge in [-0.3, -0.25) is 0 Å². The number of cyclic esters (lactones) is 1. The maximum Gasteiger partial charge on any atom is 0.359 e. The minimum atomic E-state index is -0.926. The van der Waals surface area contributed by atoms with E-state index in [-0.39, 0.29) is 27.4 Å². The quantitative estimate of drug-likeness (QED) is 0.785. The van der Waals surface area contributed by atoms with Crippen LogP contribution in [0.25, 0.3) is 0 Å². The molecule has 1 atom stereocenters. The molecule has 1 saturated heterocycles. The van der Waals surface area contributed by atoms with E-state index in [1.165, 1.54) is 6.20 Å². The second-order valence-electron chi connectivity index (χ2n) is 3.43. The number of nitrogens with zero attached hydrogens (tertiary/aromatic N) is 1. The van der Waals surface area contributed by atoms with Crippen molar-refractivity contribution >= 4 is 46.7 Å². The van der Waals surface area contributed by atoms with E-state index >= 15 is 0 Å². The van der Waals surface area contributed by atoms with Crippen LogP contribution < -0.4 is 0 Å². The first-order valence-electron chi connectivity index (χ1n) is 4.88. The van der Waals surface area contributed by atoms with Gasteiger partial charge in [-0.2, -0.15) is 0 Å². The largest absolute Gasteiger partial charge is 0.463 e. The van der Waals surface area contributed by atoms with Gasteiger partial charge >= 0.3 is 11.9 Å². The van der Waals surface area contributed by atoms with Crippen LogP contribution in [-0.4, -0.2) is 29.6 Å². The molecule has 96 valence electrons. The van der Waals surface area contributed by atoms with Gasteiger partial charge in [-0.15, -0.1) is 0 Å². The summed E-state index contributed by atoms with van der Waals surface area (Å²) in [5.74, 6) is -1.43. The number of rotatable bonds is 2. The van der Waals surface area contributed by atoms with Gasteiger partial charge in [0.25, 0.3) is 0 Å². The van der Waals surface area contributed by atoms with Gasteiger partial charge in [0, 0.05) is 12.6 Å². The van der Waals surface area contributed by atoms with Gasteiger partial charge < -0.3 is 9.47 Å². The molecule has 2 heterocycles. The van der Waals surface area contributed by atoms with Crippen molar-refractivity contribution in [3.05, 3.63) is 27.0 Å². The molecule has 1 aromatic rings. The Labute approximate surface area is 117 Å². The molecule has 0 amide bonds. The van der Waals surface area contributed by atoms with Gasteiger partial charge in [0.15, 0.2) is 5.69 Å². The minimum absolute atomic E-state index is 0.00859. The van der Waals surface area contributed by atoms with E-state index in [1.807, 2.05) is 0 Å². The molecule has 0 aromatic carbocycles. The van der Waals surface area contributed by atoms with Gasteiger partial charge in [0.1, 0.15) is 0 Å². The highest BCUT2D eigenvalue weighted by Crippen LogP contribution is 2.31. The molecule has 0 N–H and O–H groups in total. The predicted molar refractivity (Wildman–Crippen MR) is 64.0 cm³/mol. The highest BCUT2D eigenvalue weighted by atomic mass is 35.5. The third-order valence-electron chi connectivity index (χ3n) is 2.25. The average molecular weight is 311 g/mol. The smallest absolute Gasteiger partial charge is 0.359 e. The molecular formula is C10H6Cl3NO4. The Balaban J connectivity index is 2.19. The van der Waals surface area contributed by atoms with Crippen molar-refractivity contribution in [2.24, 2.45) is 0 Å². The number of ether oxygens (including phenoxy) is 2. The summed E-state index contributed by atoms with van der Waals surface area (Å²) in [6.07, 6.45) is 0.563. The fourth-order valence-corrected chi connectivity index (χ4v) is 1.91. The molecule has 0 aliphatic carbocycles. The van der Waals surface area contributed by atoms with Crippen molar-refractivity contribution in [3.8, 4) is 0 Å². The van der Waals surface area contributed by atoms with Crippen LogP contribution in [0.5, 0.6) is 0 Å². The van der Waals surface area contributed by atoms with Crippen LogP contribution in [0.4, 0.5) is 0 Å². The zero-order chi connectivity index (χ0) is 13.3. The summed E-state index contributed by atoms with van der Waals surface area (Å²) in [6.45, 7) is 0.222. The van der Waals surface area contributed by atoms with Crippen molar-refractivity contribution in [3.63, 3.8) is 0 Å². The Morgan fingerprint density at radius 2 is 2.11 bits per heavy atom. The standard InChI is InChI=1S/C10H6Cl3NO4/c11-4-3-14-8(7(13)6(4)12)10(16)18-5-1-2-17-9(5)15/h3,5H,1-2H2/t5-/m1/s1. The summed E-state index contributed by atoms with van der Waals surface area (Å²) >= 11 is 17.3. The first kappa shape index (κ1) is 13.4. The fraction of sp³-hybridized carbons (Fsp3) is 0.300. The lowest BCUT2D eigenvalue weighted by Crippen LogP contribution is -2.23. The number of hydrogen-bond acceptors (Lipinski definition) is 5. The van der Waals surface area contributed by atoms with Gasteiger partial charge in [-0.05, 0) is 0 Å². The first-order chi connectivity index (χ1) is 8.50. The molecule has 2 rings (SSSR count). The maximum atomic E-state index is 11.8. The molecule has 8 heteroatoms. The van der Waals surface area contributed by atoms with Crippen LogP contribution in [-0.2, 0) is 14.3 Å². The van der Waals surface area contributed by atoms with E-state index in [1.54, 1.807) is 0 Å². The number of esters is 2. The van der Waals surface area contributed by atoms with Crippen molar-refractivity contribution in [2.45, 2.75) is 12.5 Å². The van der Waals surface area contributed by atoms with E-state index in [0.29, 0.717) is 6.42 Å². The van der Waals surface area contributed by atoms with E-state index in [4.69, 9.17) is 39.5 Å². The molecule has 1 aliphatic rings. The predicted octanol–water partition coefficient (Wildman–Crippen LogP) is 2.51. The van der Waals surface area contributed by atoms with Crippen molar-refractivity contribution in [1.29, 1.82) is 0 Å². The molecule has 0 spiro atoms. The summed E-state index contributed by atoms with van der Waals surface area (Å²) in [5, 5.41) is 0.0216. The summed E-state index contributed by atoms with van der Waals surface area (Å²) in [5.41, 5.74) is -0.189. The molecular weight excluding hydrogens is 304 g/mol. The molecule has 0 bridgehead atoms. The maximum absolute atomic E-state index is 11.8. The van der Waals surface area contributed by atoms with Gasteiger partial charge in [-0.1, -0.05) is 34.8 Å². The van der Waals surface area contributed by atoms with E-state index < -0.39 is 18.0 Å². The van der Waals surface area contributed by atoms with Crippen LogP contribution in [0.3, 0.4) is 0 Å². The minimum Gasteiger partial charge on any atom is -0.463 e. The van der Waals surface area contributed by atoms with Crippen LogP contribution in [0, 0.1) is 0 Å². The van der Waals surface area contributed by atoms with Crippen LogP contribution in [0.1, 0.15) is 16.9 Å². The Morgan fingerprint density at radius 3 is 2.72 bits per heavy atom. The van der Waals surface area contributed by atoms with Gasteiger partial charge in [0.05, 0.1) is 21.7 Å². The Morgan fingerprint density at radius 1 is 1.39 bits per heavy atom. The Hall–Kier alpha value is -1.04. The van der Waals surface area contributed by atoms with Crippen LogP contribution >= 0.6 is 34.8 Å². The topological polar surface area (TPSA) is 65.5 Å². The normalized spacial score (nSPS) is 18.6. The van der Waals surface area contributed by atoms with Gasteiger partial charge in [-0.25, -0.2) is 14.6 Å².